The van der Waals surface area contributed by atoms with Crippen LogP contribution in [0, 0.1) is 0 Å². The number of nitrogens with zero attached hydrogens (tertiary/aromatic N) is 5. The van der Waals surface area contributed by atoms with Crippen molar-refractivity contribution in [3.05, 3.63) is 48.9 Å². The molecule has 9 heteroatoms. The fraction of sp³-hybridized carbons (Fsp3) is 0.214. The van der Waals surface area contributed by atoms with Gasteiger partial charge in [-0.1, -0.05) is 0 Å². The molecule has 3 aromatic heterocycles. The van der Waals surface area contributed by atoms with Crippen molar-refractivity contribution in [3.8, 4) is 11.1 Å². The number of sulfonamides is 1. The third kappa shape index (κ3) is 3.46. The summed E-state index contributed by atoms with van der Waals surface area (Å²) in [6, 6.07) is 1.88. The summed E-state index contributed by atoms with van der Waals surface area (Å²) >= 11 is 0. The molecule has 0 atom stereocenters. The summed E-state index contributed by atoms with van der Waals surface area (Å²) in [6.45, 7) is 0.139. The monoisotopic (exact) mass is 332 g/mol. The Hall–Kier alpha value is -2.52. The highest BCUT2D eigenvalue weighted by Gasteiger charge is 2.16. The number of rotatable bonds is 5. The third-order valence-corrected chi connectivity index (χ3v) is 4.54. The van der Waals surface area contributed by atoms with Crippen LogP contribution in [-0.2, 0) is 30.7 Å². The highest BCUT2D eigenvalue weighted by Crippen LogP contribution is 2.18. The summed E-state index contributed by atoms with van der Waals surface area (Å²) in [5, 5.41) is 4.11. The van der Waals surface area contributed by atoms with Crippen LogP contribution in [0.25, 0.3) is 11.1 Å². The molecule has 0 unspecified atom stereocenters. The second-order valence-corrected chi connectivity index (χ2v) is 6.90. The van der Waals surface area contributed by atoms with E-state index in [9.17, 15) is 8.42 Å². The van der Waals surface area contributed by atoms with Crippen LogP contribution in [0.5, 0.6) is 0 Å². The Morgan fingerprint density at radius 2 is 1.96 bits per heavy atom. The zero-order valence-corrected chi connectivity index (χ0v) is 13.5. The molecule has 0 amide bonds. The minimum Gasteiger partial charge on any atom is -0.339 e. The van der Waals surface area contributed by atoms with Crippen LogP contribution in [0.3, 0.4) is 0 Å². The lowest BCUT2D eigenvalue weighted by atomic mass is 10.1. The number of aryl methyl sites for hydroxylation is 2. The summed E-state index contributed by atoms with van der Waals surface area (Å²) < 4.78 is 30.1. The van der Waals surface area contributed by atoms with Gasteiger partial charge in [-0.2, -0.15) is 5.10 Å². The van der Waals surface area contributed by atoms with Gasteiger partial charge in [-0.25, -0.2) is 18.1 Å². The number of hydrogen-bond acceptors (Lipinski definition) is 5. The van der Waals surface area contributed by atoms with Gasteiger partial charge in [-0.3, -0.25) is 9.67 Å². The molecule has 3 aromatic rings. The number of imidazole rings is 1. The smallest absolute Gasteiger partial charge is 0.259 e. The second kappa shape index (κ2) is 5.94. The maximum absolute atomic E-state index is 12.2. The van der Waals surface area contributed by atoms with Gasteiger partial charge in [0.25, 0.3) is 10.0 Å². The summed E-state index contributed by atoms with van der Waals surface area (Å²) in [4.78, 5) is 8.01. The van der Waals surface area contributed by atoms with Crippen molar-refractivity contribution in [2.75, 3.05) is 0 Å². The molecule has 0 aliphatic carbocycles. The summed E-state index contributed by atoms with van der Waals surface area (Å²) in [7, 11) is -0.0865. The minimum atomic E-state index is -3.64. The Bertz CT molecular complexity index is 928. The molecular formula is C14H16N6O2S. The number of nitrogens with one attached hydrogen (secondary N) is 1. The van der Waals surface area contributed by atoms with Gasteiger partial charge in [0.15, 0.2) is 5.03 Å². The van der Waals surface area contributed by atoms with Gasteiger partial charge >= 0.3 is 0 Å². The highest BCUT2D eigenvalue weighted by molar-refractivity contribution is 7.89. The van der Waals surface area contributed by atoms with Crippen molar-refractivity contribution in [2.45, 2.75) is 11.6 Å². The van der Waals surface area contributed by atoms with Crippen molar-refractivity contribution in [2.24, 2.45) is 14.1 Å². The lowest BCUT2D eigenvalue weighted by Gasteiger charge is -2.05. The van der Waals surface area contributed by atoms with Crippen LogP contribution in [0.1, 0.15) is 5.56 Å². The van der Waals surface area contributed by atoms with E-state index in [1.165, 1.54) is 12.5 Å². The molecule has 0 saturated carbocycles. The Balaban J connectivity index is 1.76. The lowest BCUT2D eigenvalue weighted by molar-refractivity contribution is 0.578. The van der Waals surface area contributed by atoms with Gasteiger partial charge < -0.3 is 4.57 Å². The summed E-state index contributed by atoms with van der Waals surface area (Å²) in [6.07, 6.45) is 9.85. The molecule has 0 aliphatic heterocycles. The predicted octanol–water partition coefficient (Wildman–Crippen LogP) is 0.694. The molecule has 0 bridgehead atoms. The van der Waals surface area contributed by atoms with Crippen molar-refractivity contribution < 1.29 is 8.42 Å². The Labute approximate surface area is 133 Å². The molecule has 0 spiro atoms. The van der Waals surface area contributed by atoms with E-state index < -0.39 is 10.0 Å². The van der Waals surface area contributed by atoms with Crippen molar-refractivity contribution in [1.29, 1.82) is 0 Å². The Morgan fingerprint density at radius 3 is 2.61 bits per heavy atom. The second-order valence-electron chi connectivity index (χ2n) is 5.19. The van der Waals surface area contributed by atoms with Crippen LogP contribution >= 0.6 is 0 Å². The standard InChI is InChI=1S/C14H16N6O2S/c1-19-9-14(16-10-19)23(21,22)18-5-11-3-12(6-15-4-11)13-7-17-20(2)8-13/h3-4,6-10,18H,5H2,1-2H3. The van der Waals surface area contributed by atoms with E-state index in [4.69, 9.17) is 0 Å². The summed E-state index contributed by atoms with van der Waals surface area (Å²) in [5.74, 6) is 0. The molecule has 0 saturated heterocycles. The first-order valence-electron chi connectivity index (χ1n) is 6.84. The van der Waals surface area contributed by atoms with Gasteiger partial charge in [0.1, 0.15) is 0 Å². The van der Waals surface area contributed by atoms with Crippen LogP contribution in [0.2, 0.25) is 0 Å². The van der Waals surface area contributed by atoms with E-state index >= 15 is 0 Å². The molecular weight excluding hydrogens is 316 g/mol. The largest absolute Gasteiger partial charge is 0.339 e. The Morgan fingerprint density at radius 1 is 1.13 bits per heavy atom. The van der Waals surface area contributed by atoms with Crippen molar-refractivity contribution in [1.82, 2.24) is 29.0 Å². The molecule has 1 N–H and O–H groups in total. The Kier molecular flexibility index (Phi) is 3.97. The van der Waals surface area contributed by atoms with E-state index in [1.54, 1.807) is 34.9 Å². The SMILES string of the molecule is Cn1cnc(S(=O)(=O)NCc2cncc(-c3cnn(C)c3)c2)c1. The first-order chi connectivity index (χ1) is 10.9. The minimum absolute atomic E-state index is 0.00336. The van der Waals surface area contributed by atoms with Crippen LogP contribution < -0.4 is 4.72 Å². The fourth-order valence-corrected chi connectivity index (χ4v) is 3.09. The quantitative estimate of drug-likeness (QED) is 0.742. The molecule has 0 aliphatic rings. The number of aromatic nitrogens is 5. The highest BCUT2D eigenvalue weighted by atomic mass is 32.2. The molecule has 0 fully saturated rings. The van der Waals surface area contributed by atoms with Crippen LogP contribution in [0.15, 0.2) is 48.4 Å². The zero-order valence-electron chi connectivity index (χ0n) is 12.7. The van der Waals surface area contributed by atoms with Gasteiger partial charge in [0.2, 0.25) is 0 Å². The first-order valence-corrected chi connectivity index (χ1v) is 8.33. The van der Waals surface area contributed by atoms with Gasteiger partial charge in [-0.15, -0.1) is 0 Å². The molecule has 120 valence electrons. The third-order valence-electron chi connectivity index (χ3n) is 3.26. The first kappa shape index (κ1) is 15.4. The molecule has 3 rings (SSSR count). The number of hydrogen-bond donors (Lipinski definition) is 1. The zero-order chi connectivity index (χ0) is 16.4. The average molecular weight is 332 g/mol. The van der Waals surface area contributed by atoms with E-state index in [2.05, 4.69) is 19.8 Å². The molecule has 23 heavy (non-hydrogen) atoms. The van der Waals surface area contributed by atoms with Crippen LogP contribution in [0.4, 0.5) is 0 Å². The summed E-state index contributed by atoms with van der Waals surface area (Å²) in [5.41, 5.74) is 2.56. The topological polar surface area (TPSA) is 94.7 Å². The normalized spacial score (nSPS) is 11.7. The molecule has 8 nitrogen and oxygen atoms in total. The van der Waals surface area contributed by atoms with E-state index in [1.807, 2.05) is 19.3 Å². The molecule has 0 aromatic carbocycles. The molecule has 3 heterocycles. The van der Waals surface area contributed by atoms with E-state index in [0.29, 0.717) is 0 Å². The lowest BCUT2D eigenvalue weighted by Crippen LogP contribution is -2.23. The van der Waals surface area contributed by atoms with E-state index in [-0.39, 0.29) is 11.6 Å². The maximum atomic E-state index is 12.2. The van der Waals surface area contributed by atoms with Crippen molar-refractivity contribution in [3.63, 3.8) is 0 Å². The van der Waals surface area contributed by atoms with Gasteiger partial charge in [0.05, 0.1) is 12.5 Å². The number of pyridine rings is 1. The van der Waals surface area contributed by atoms with Gasteiger partial charge in [0, 0.05) is 56.6 Å². The van der Waals surface area contributed by atoms with Crippen LogP contribution in [-0.4, -0.2) is 32.7 Å². The fourth-order valence-electron chi connectivity index (χ4n) is 2.09. The predicted molar refractivity (Wildman–Crippen MR) is 83.7 cm³/mol. The average Bonchev–Trinajstić information content (AvgIpc) is 3.15. The van der Waals surface area contributed by atoms with Gasteiger partial charge in [-0.05, 0) is 11.6 Å². The molecule has 0 radical (unpaired) electrons. The van der Waals surface area contributed by atoms with E-state index in [0.717, 1.165) is 16.7 Å². The maximum Gasteiger partial charge on any atom is 0.259 e. The van der Waals surface area contributed by atoms with Crippen molar-refractivity contribution >= 4 is 10.0 Å².